The van der Waals surface area contributed by atoms with Gasteiger partial charge in [0.05, 0.1) is 0 Å². The van der Waals surface area contributed by atoms with Gasteiger partial charge in [-0.15, -0.1) is 0 Å². The highest BCUT2D eigenvalue weighted by atomic mass is 16.5. The molecule has 0 saturated heterocycles. The highest BCUT2D eigenvalue weighted by Crippen LogP contribution is 2.06. The summed E-state index contributed by atoms with van der Waals surface area (Å²) in [7, 11) is 0. The molecule has 0 aliphatic carbocycles. The predicted octanol–water partition coefficient (Wildman–Crippen LogP) is 1.92. The first-order chi connectivity index (χ1) is 6.22. The largest absolute Gasteiger partial charge is 0.445 e. The maximum atomic E-state index is 10.3. The average Bonchev–Trinajstić information content (AvgIpc) is 2.15. The number of carbonyl (C=O) groups is 1. The lowest BCUT2D eigenvalue weighted by Crippen LogP contribution is -2.12. The van der Waals surface area contributed by atoms with Crippen molar-refractivity contribution in [2.75, 3.05) is 0 Å². The van der Waals surface area contributed by atoms with Crippen molar-refractivity contribution in [3.8, 4) is 0 Å². The Morgan fingerprint density at radius 3 is 2.54 bits per heavy atom. The summed E-state index contributed by atoms with van der Waals surface area (Å²) in [5.74, 6) is 0. The smallest absolute Gasteiger partial charge is 0.404 e. The summed E-state index contributed by atoms with van der Waals surface area (Å²) >= 11 is 0. The van der Waals surface area contributed by atoms with E-state index < -0.39 is 6.09 Å². The van der Waals surface area contributed by atoms with Crippen LogP contribution in [-0.4, -0.2) is 6.09 Å². The van der Waals surface area contributed by atoms with Gasteiger partial charge in [0, 0.05) is 0 Å². The molecule has 3 heteroatoms. The average molecular weight is 177 g/mol. The molecular formula is C10H11NO2. The molecule has 2 N–H and O–H groups in total. The van der Waals surface area contributed by atoms with Crippen molar-refractivity contribution in [1.82, 2.24) is 0 Å². The van der Waals surface area contributed by atoms with Crippen LogP contribution < -0.4 is 5.73 Å². The van der Waals surface area contributed by atoms with Crippen molar-refractivity contribution in [1.29, 1.82) is 0 Å². The lowest BCUT2D eigenvalue weighted by atomic mass is 10.1. The topological polar surface area (TPSA) is 52.3 Å². The van der Waals surface area contributed by atoms with Crippen LogP contribution in [0.1, 0.15) is 11.1 Å². The zero-order chi connectivity index (χ0) is 9.68. The minimum Gasteiger partial charge on any atom is -0.445 e. The zero-order valence-corrected chi connectivity index (χ0v) is 7.19. The number of primary amides is 1. The third-order valence-corrected chi connectivity index (χ3v) is 1.60. The van der Waals surface area contributed by atoms with E-state index in [1.807, 2.05) is 24.3 Å². The SMILES string of the molecule is C=Cc1ccc(COC(N)=O)cc1. The summed E-state index contributed by atoms with van der Waals surface area (Å²) < 4.78 is 4.61. The lowest BCUT2D eigenvalue weighted by molar-refractivity contribution is 0.150. The van der Waals surface area contributed by atoms with Crippen LogP contribution in [0.25, 0.3) is 6.08 Å². The second-order valence-corrected chi connectivity index (χ2v) is 2.55. The fourth-order valence-electron chi connectivity index (χ4n) is 0.904. The van der Waals surface area contributed by atoms with Gasteiger partial charge in [-0.3, -0.25) is 0 Å². The maximum Gasteiger partial charge on any atom is 0.404 e. The monoisotopic (exact) mass is 177 g/mol. The molecular weight excluding hydrogens is 166 g/mol. The van der Waals surface area contributed by atoms with E-state index in [-0.39, 0.29) is 6.61 Å². The van der Waals surface area contributed by atoms with Gasteiger partial charge in [-0.05, 0) is 11.1 Å². The van der Waals surface area contributed by atoms with Crippen LogP contribution in [0.15, 0.2) is 30.8 Å². The van der Waals surface area contributed by atoms with E-state index in [0.29, 0.717) is 0 Å². The Bertz CT molecular complexity index is 303. The quantitative estimate of drug-likeness (QED) is 0.766. The van der Waals surface area contributed by atoms with Gasteiger partial charge in [0.25, 0.3) is 0 Å². The Labute approximate surface area is 76.8 Å². The van der Waals surface area contributed by atoms with Crippen molar-refractivity contribution in [3.05, 3.63) is 42.0 Å². The van der Waals surface area contributed by atoms with Gasteiger partial charge in [0.15, 0.2) is 0 Å². The second-order valence-electron chi connectivity index (χ2n) is 2.55. The Balaban J connectivity index is 2.59. The molecule has 0 spiro atoms. The van der Waals surface area contributed by atoms with Gasteiger partial charge in [-0.25, -0.2) is 4.79 Å². The van der Waals surface area contributed by atoms with E-state index in [1.54, 1.807) is 6.08 Å². The number of amides is 1. The molecule has 0 radical (unpaired) electrons. The number of carbonyl (C=O) groups excluding carboxylic acids is 1. The number of nitrogens with two attached hydrogens (primary N) is 1. The third kappa shape index (κ3) is 2.99. The van der Waals surface area contributed by atoms with Gasteiger partial charge in [0.1, 0.15) is 6.61 Å². The summed E-state index contributed by atoms with van der Waals surface area (Å²) in [5.41, 5.74) is 6.76. The van der Waals surface area contributed by atoms with Crippen molar-refractivity contribution in [2.24, 2.45) is 5.73 Å². The summed E-state index contributed by atoms with van der Waals surface area (Å²) in [6.07, 6.45) is 0.992. The van der Waals surface area contributed by atoms with Crippen LogP contribution in [0.3, 0.4) is 0 Å². The first-order valence-corrected chi connectivity index (χ1v) is 3.86. The number of benzene rings is 1. The molecule has 0 bridgehead atoms. The van der Waals surface area contributed by atoms with Gasteiger partial charge in [0.2, 0.25) is 0 Å². The van der Waals surface area contributed by atoms with E-state index in [1.165, 1.54) is 0 Å². The maximum absolute atomic E-state index is 10.3. The Morgan fingerprint density at radius 2 is 2.08 bits per heavy atom. The molecule has 0 fully saturated rings. The molecule has 0 aliphatic rings. The van der Waals surface area contributed by atoms with Crippen molar-refractivity contribution < 1.29 is 9.53 Å². The van der Waals surface area contributed by atoms with Crippen LogP contribution in [0.2, 0.25) is 0 Å². The highest BCUT2D eigenvalue weighted by molar-refractivity contribution is 5.64. The molecule has 68 valence electrons. The molecule has 3 nitrogen and oxygen atoms in total. The third-order valence-electron chi connectivity index (χ3n) is 1.60. The van der Waals surface area contributed by atoms with E-state index in [0.717, 1.165) is 11.1 Å². The van der Waals surface area contributed by atoms with Crippen molar-refractivity contribution in [2.45, 2.75) is 6.61 Å². The molecule has 0 aliphatic heterocycles. The number of ether oxygens (including phenoxy) is 1. The first kappa shape index (κ1) is 9.32. The summed E-state index contributed by atoms with van der Waals surface area (Å²) in [5, 5.41) is 0. The molecule has 0 saturated carbocycles. The van der Waals surface area contributed by atoms with E-state index in [4.69, 9.17) is 5.73 Å². The minimum absolute atomic E-state index is 0.215. The Hall–Kier alpha value is -1.77. The normalized spacial score (nSPS) is 9.23. The van der Waals surface area contributed by atoms with Gasteiger partial charge >= 0.3 is 6.09 Å². The second kappa shape index (κ2) is 4.30. The minimum atomic E-state index is -0.757. The van der Waals surface area contributed by atoms with Gasteiger partial charge in [-0.2, -0.15) is 0 Å². The Morgan fingerprint density at radius 1 is 1.46 bits per heavy atom. The molecule has 0 heterocycles. The molecule has 1 rings (SSSR count). The van der Waals surface area contributed by atoms with E-state index >= 15 is 0 Å². The number of hydrogen-bond acceptors (Lipinski definition) is 2. The van der Waals surface area contributed by atoms with Crippen LogP contribution >= 0.6 is 0 Å². The highest BCUT2D eigenvalue weighted by Gasteiger charge is 1.95. The lowest BCUT2D eigenvalue weighted by Gasteiger charge is -2.01. The summed E-state index contributed by atoms with van der Waals surface area (Å²) in [6, 6.07) is 7.51. The van der Waals surface area contributed by atoms with Crippen LogP contribution in [0, 0.1) is 0 Å². The van der Waals surface area contributed by atoms with Crippen molar-refractivity contribution >= 4 is 12.2 Å². The molecule has 0 unspecified atom stereocenters. The van der Waals surface area contributed by atoms with Gasteiger partial charge in [-0.1, -0.05) is 36.9 Å². The number of hydrogen-bond donors (Lipinski definition) is 1. The van der Waals surface area contributed by atoms with E-state index in [2.05, 4.69) is 11.3 Å². The van der Waals surface area contributed by atoms with E-state index in [9.17, 15) is 4.79 Å². The van der Waals surface area contributed by atoms with Crippen molar-refractivity contribution in [3.63, 3.8) is 0 Å². The molecule has 0 atom stereocenters. The molecule has 0 aromatic heterocycles. The molecule has 1 aromatic carbocycles. The Kier molecular flexibility index (Phi) is 3.09. The summed E-state index contributed by atoms with van der Waals surface area (Å²) in [6.45, 7) is 3.84. The molecule has 1 amide bonds. The zero-order valence-electron chi connectivity index (χ0n) is 7.19. The van der Waals surface area contributed by atoms with Crippen LogP contribution in [0.5, 0.6) is 0 Å². The number of rotatable bonds is 3. The fourth-order valence-corrected chi connectivity index (χ4v) is 0.904. The molecule has 1 aromatic rings. The van der Waals surface area contributed by atoms with Crippen LogP contribution in [0.4, 0.5) is 4.79 Å². The first-order valence-electron chi connectivity index (χ1n) is 3.86. The predicted molar refractivity (Wildman–Crippen MR) is 50.9 cm³/mol. The van der Waals surface area contributed by atoms with Crippen LogP contribution in [-0.2, 0) is 11.3 Å². The fraction of sp³-hybridized carbons (Fsp3) is 0.100. The molecule has 13 heavy (non-hydrogen) atoms. The standard InChI is InChI=1S/C10H11NO2/c1-2-8-3-5-9(6-4-8)7-13-10(11)12/h2-6H,1,7H2,(H2,11,12). The van der Waals surface area contributed by atoms with Gasteiger partial charge < -0.3 is 10.5 Å². The summed E-state index contributed by atoms with van der Waals surface area (Å²) in [4.78, 5) is 10.3.